The van der Waals surface area contributed by atoms with Crippen molar-refractivity contribution in [1.29, 1.82) is 0 Å². The fourth-order valence-corrected chi connectivity index (χ4v) is 3.21. The van der Waals surface area contributed by atoms with Gasteiger partial charge < -0.3 is 14.9 Å². The fourth-order valence-electron chi connectivity index (χ4n) is 2.31. The summed E-state index contributed by atoms with van der Waals surface area (Å²) in [6.07, 6.45) is 1.49. The highest BCUT2D eigenvalue weighted by atomic mass is 32.2. The van der Waals surface area contributed by atoms with Crippen molar-refractivity contribution in [2.75, 3.05) is 37.7 Å². The summed E-state index contributed by atoms with van der Waals surface area (Å²) in [7, 11) is 0. The largest absolute Gasteiger partial charge is 0.481 e. The minimum atomic E-state index is -0.781. The smallest absolute Gasteiger partial charge is 0.320 e. The first-order chi connectivity index (χ1) is 8.18. The number of hydrogen-bond donors (Lipinski definition) is 1. The summed E-state index contributed by atoms with van der Waals surface area (Å²) < 4.78 is 0. The molecule has 0 spiro atoms. The maximum atomic E-state index is 12.2. The van der Waals surface area contributed by atoms with Crippen LogP contribution in [-0.2, 0) is 4.79 Å². The highest BCUT2D eigenvalue weighted by Crippen LogP contribution is 2.19. The molecule has 2 saturated heterocycles. The molecule has 2 fully saturated rings. The Labute approximate surface area is 105 Å². The van der Waals surface area contributed by atoms with E-state index >= 15 is 0 Å². The third-order valence-electron chi connectivity index (χ3n) is 3.32. The zero-order chi connectivity index (χ0) is 12.3. The summed E-state index contributed by atoms with van der Waals surface area (Å²) in [5.41, 5.74) is 0. The second kappa shape index (κ2) is 5.62. The molecule has 0 aromatic carbocycles. The molecule has 1 N–H and O–H groups in total. The molecule has 96 valence electrons. The van der Waals surface area contributed by atoms with Gasteiger partial charge in [0.15, 0.2) is 0 Å². The standard InChI is InChI=1S/C11H18N2O3S/c14-10(15)9-2-1-3-13(8-9)11(16)12-4-6-17-7-5-12/h9H,1-8H2,(H,14,15). The predicted octanol–water partition coefficient (Wildman–Crippen LogP) is 0.952. The maximum Gasteiger partial charge on any atom is 0.320 e. The van der Waals surface area contributed by atoms with Crippen LogP contribution in [0.5, 0.6) is 0 Å². The van der Waals surface area contributed by atoms with Crippen LogP contribution in [0.1, 0.15) is 12.8 Å². The van der Waals surface area contributed by atoms with Crippen LogP contribution in [-0.4, -0.2) is 64.6 Å². The number of carboxylic acid groups (broad SMARTS) is 1. The summed E-state index contributed by atoms with van der Waals surface area (Å²) in [6, 6.07) is 0.0243. The molecule has 2 amide bonds. The number of nitrogens with zero attached hydrogens (tertiary/aromatic N) is 2. The molecule has 2 aliphatic heterocycles. The number of carbonyl (C=O) groups excluding carboxylic acids is 1. The molecule has 0 bridgehead atoms. The number of amides is 2. The van der Waals surface area contributed by atoms with E-state index in [0.29, 0.717) is 19.5 Å². The number of thioether (sulfide) groups is 1. The van der Waals surface area contributed by atoms with E-state index in [1.807, 2.05) is 16.7 Å². The molecule has 2 rings (SSSR count). The lowest BCUT2D eigenvalue weighted by Crippen LogP contribution is -2.50. The van der Waals surface area contributed by atoms with Crippen LogP contribution in [0.25, 0.3) is 0 Å². The zero-order valence-corrected chi connectivity index (χ0v) is 10.6. The van der Waals surface area contributed by atoms with Gasteiger partial charge in [-0.05, 0) is 12.8 Å². The molecule has 6 heteroatoms. The average Bonchev–Trinajstić information content (AvgIpc) is 2.39. The van der Waals surface area contributed by atoms with Crippen LogP contribution in [0, 0.1) is 5.92 Å². The van der Waals surface area contributed by atoms with Gasteiger partial charge in [-0.1, -0.05) is 0 Å². The van der Waals surface area contributed by atoms with Gasteiger partial charge in [0.2, 0.25) is 0 Å². The van der Waals surface area contributed by atoms with Crippen LogP contribution in [0.15, 0.2) is 0 Å². The molecular formula is C11H18N2O3S. The van der Waals surface area contributed by atoms with Crippen LogP contribution in [0.4, 0.5) is 4.79 Å². The summed E-state index contributed by atoms with van der Waals surface area (Å²) in [5.74, 6) is 0.813. The van der Waals surface area contributed by atoms with E-state index in [0.717, 1.165) is 31.0 Å². The summed E-state index contributed by atoms with van der Waals surface area (Å²) in [4.78, 5) is 26.7. The number of piperidine rings is 1. The zero-order valence-electron chi connectivity index (χ0n) is 9.80. The topological polar surface area (TPSA) is 60.9 Å². The Balaban J connectivity index is 1.91. The van der Waals surface area contributed by atoms with E-state index in [4.69, 9.17) is 5.11 Å². The predicted molar refractivity (Wildman–Crippen MR) is 66.2 cm³/mol. The third-order valence-corrected chi connectivity index (χ3v) is 4.27. The highest BCUT2D eigenvalue weighted by Gasteiger charge is 2.30. The fraction of sp³-hybridized carbons (Fsp3) is 0.818. The number of likely N-dealkylation sites (tertiary alicyclic amines) is 1. The Hall–Kier alpha value is -0.910. The van der Waals surface area contributed by atoms with E-state index < -0.39 is 5.97 Å². The Bertz CT molecular complexity index is 305. The Morgan fingerprint density at radius 2 is 1.82 bits per heavy atom. The summed E-state index contributed by atoms with van der Waals surface area (Å²) >= 11 is 1.86. The van der Waals surface area contributed by atoms with Crippen molar-refractivity contribution in [2.45, 2.75) is 12.8 Å². The normalized spacial score (nSPS) is 25.8. The van der Waals surface area contributed by atoms with Crippen molar-refractivity contribution in [1.82, 2.24) is 9.80 Å². The lowest BCUT2D eigenvalue weighted by Gasteiger charge is -2.36. The molecule has 0 aliphatic carbocycles. The van der Waals surface area contributed by atoms with E-state index in [1.165, 1.54) is 0 Å². The first kappa shape index (κ1) is 12.5. The molecule has 0 aromatic heterocycles. The van der Waals surface area contributed by atoms with Crippen molar-refractivity contribution in [3.05, 3.63) is 0 Å². The highest BCUT2D eigenvalue weighted by molar-refractivity contribution is 7.99. The monoisotopic (exact) mass is 258 g/mol. The van der Waals surface area contributed by atoms with Crippen LogP contribution >= 0.6 is 11.8 Å². The van der Waals surface area contributed by atoms with Crippen molar-refractivity contribution in [3.63, 3.8) is 0 Å². The van der Waals surface area contributed by atoms with Crippen molar-refractivity contribution < 1.29 is 14.7 Å². The molecule has 2 aliphatic rings. The second-order valence-corrected chi connectivity index (χ2v) is 5.73. The number of urea groups is 1. The van der Waals surface area contributed by atoms with Crippen LogP contribution in [0.3, 0.4) is 0 Å². The molecule has 5 nitrogen and oxygen atoms in total. The van der Waals surface area contributed by atoms with Gasteiger partial charge in [-0.3, -0.25) is 4.79 Å². The molecular weight excluding hydrogens is 240 g/mol. The Morgan fingerprint density at radius 3 is 2.47 bits per heavy atom. The third kappa shape index (κ3) is 3.06. The number of aliphatic carboxylic acids is 1. The minimum Gasteiger partial charge on any atom is -0.481 e. The number of carbonyl (C=O) groups is 2. The molecule has 0 saturated carbocycles. The van der Waals surface area contributed by atoms with Crippen molar-refractivity contribution >= 4 is 23.8 Å². The van der Waals surface area contributed by atoms with Crippen LogP contribution < -0.4 is 0 Å². The molecule has 0 aromatic rings. The quantitative estimate of drug-likeness (QED) is 0.761. The number of hydrogen-bond acceptors (Lipinski definition) is 3. The van der Waals surface area contributed by atoms with Gasteiger partial charge in [0, 0.05) is 37.7 Å². The maximum absolute atomic E-state index is 12.2. The van der Waals surface area contributed by atoms with Gasteiger partial charge in [-0.15, -0.1) is 0 Å². The van der Waals surface area contributed by atoms with E-state index in [2.05, 4.69) is 0 Å². The lowest BCUT2D eigenvalue weighted by atomic mass is 9.99. The second-order valence-electron chi connectivity index (χ2n) is 4.51. The van der Waals surface area contributed by atoms with E-state index in [-0.39, 0.29) is 11.9 Å². The van der Waals surface area contributed by atoms with Gasteiger partial charge in [0.1, 0.15) is 0 Å². The van der Waals surface area contributed by atoms with Gasteiger partial charge in [-0.25, -0.2) is 4.79 Å². The molecule has 2 heterocycles. The lowest BCUT2D eigenvalue weighted by molar-refractivity contribution is -0.143. The Morgan fingerprint density at radius 1 is 1.12 bits per heavy atom. The van der Waals surface area contributed by atoms with E-state index in [1.54, 1.807) is 4.90 Å². The molecule has 1 atom stereocenters. The first-order valence-corrected chi connectivity index (χ1v) is 7.18. The molecule has 17 heavy (non-hydrogen) atoms. The van der Waals surface area contributed by atoms with Crippen LogP contribution in [0.2, 0.25) is 0 Å². The Kier molecular flexibility index (Phi) is 4.15. The van der Waals surface area contributed by atoms with Gasteiger partial charge in [-0.2, -0.15) is 11.8 Å². The molecule has 0 radical (unpaired) electrons. The summed E-state index contributed by atoms with van der Waals surface area (Å²) in [5, 5.41) is 8.99. The SMILES string of the molecule is O=C(O)C1CCCN(C(=O)N2CCSCC2)C1. The van der Waals surface area contributed by atoms with Gasteiger partial charge in [0.25, 0.3) is 0 Å². The van der Waals surface area contributed by atoms with Gasteiger partial charge >= 0.3 is 12.0 Å². The summed E-state index contributed by atoms with van der Waals surface area (Å²) in [6.45, 7) is 2.65. The van der Waals surface area contributed by atoms with Crippen molar-refractivity contribution in [2.24, 2.45) is 5.92 Å². The van der Waals surface area contributed by atoms with E-state index in [9.17, 15) is 9.59 Å². The average molecular weight is 258 g/mol. The first-order valence-electron chi connectivity index (χ1n) is 6.03. The number of rotatable bonds is 1. The molecule has 1 unspecified atom stereocenters. The number of carboxylic acids is 1. The van der Waals surface area contributed by atoms with Gasteiger partial charge in [0.05, 0.1) is 5.92 Å². The minimum absolute atomic E-state index is 0.0243. The van der Waals surface area contributed by atoms with Crippen molar-refractivity contribution in [3.8, 4) is 0 Å².